The molecule has 0 saturated carbocycles. The van der Waals surface area contributed by atoms with Crippen molar-refractivity contribution in [2.75, 3.05) is 20.7 Å². The highest BCUT2D eigenvalue weighted by molar-refractivity contribution is 5.75. The van der Waals surface area contributed by atoms with Gasteiger partial charge < -0.3 is 15.6 Å². The lowest BCUT2D eigenvalue weighted by Crippen LogP contribution is -2.43. The van der Waals surface area contributed by atoms with Crippen molar-refractivity contribution in [2.45, 2.75) is 37.7 Å². The summed E-state index contributed by atoms with van der Waals surface area (Å²) < 4.78 is 40.8. The molecule has 0 saturated heterocycles. The number of methoxy groups -OCH3 is 1. The largest absolute Gasteiger partial charge is 0.468 e. The number of carbonyl (C=O) groups is 1. The van der Waals surface area contributed by atoms with Gasteiger partial charge in [0.2, 0.25) is 6.23 Å². The summed E-state index contributed by atoms with van der Waals surface area (Å²) in [5.74, 6) is -0.543. The molecule has 0 spiro atoms. The molecule has 0 aromatic heterocycles. The number of nitrogens with zero attached hydrogens (tertiary/aromatic N) is 1. The number of esters is 1. The molecule has 0 aliphatic rings. The molecule has 0 aliphatic carbocycles. The van der Waals surface area contributed by atoms with Crippen LogP contribution in [0.1, 0.15) is 19.3 Å². The number of aliphatic hydroxyl groups is 1. The SMILES string of the molecule is COC(=O)[C@@H](N)CCCCN(C)C(O)C(F)(F)F. The Balaban J connectivity index is 3.82. The van der Waals surface area contributed by atoms with Gasteiger partial charge in [0.25, 0.3) is 0 Å². The van der Waals surface area contributed by atoms with Crippen LogP contribution in [-0.4, -0.2) is 55.1 Å². The Kier molecular flexibility index (Phi) is 7.19. The van der Waals surface area contributed by atoms with Gasteiger partial charge in [-0.05, 0) is 19.9 Å². The van der Waals surface area contributed by atoms with E-state index in [1.807, 2.05) is 0 Å². The van der Waals surface area contributed by atoms with Gasteiger partial charge >= 0.3 is 12.1 Å². The third-order valence-corrected chi connectivity index (χ3v) is 2.49. The summed E-state index contributed by atoms with van der Waals surface area (Å²) in [7, 11) is 2.40. The van der Waals surface area contributed by atoms with Gasteiger partial charge in [-0.1, -0.05) is 6.42 Å². The third kappa shape index (κ3) is 6.18. The van der Waals surface area contributed by atoms with Crippen molar-refractivity contribution in [3.8, 4) is 0 Å². The molecule has 5 nitrogen and oxygen atoms in total. The van der Waals surface area contributed by atoms with Gasteiger partial charge in [0.05, 0.1) is 7.11 Å². The summed E-state index contributed by atoms with van der Waals surface area (Å²) in [5, 5.41) is 8.89. The molecule has 8 heteroatoms. The minimum Gasteiger partial charge on any atom is -0.468 e. The molecule has 0 bridgehead atoms. The van der Waals surface area contributed by atoms with Gasteiger partial charge in [-0.25, -0.2) is 0 Å². The van der Waals surface area contributed by atoms with Gasteiger partial charge in [-0.2, -0.15) is 13.2 Å². The number of nitrogens with two attached hydrogens (primary N) is 1. The van der Waals surface area contributed by atoms with E-state index in [9.17, 15) is 18.0 Å². The van der Waals surface area contributed by atoms with Gasteiger partial charge in [-0.3, -0.25) is 9.69 Å². The fraction of sp³-hybridized carbons (Fsp3) is 0.900. The van der Waals surface area contributed by atoms with Gasteiger partial charge in [0.1, 0.15) is 6.04 Å². The number of hydrogen-bond acceptors (Lipinski definition) is 5. The molecule has 2 atom stereocenters. The molecule has 18 heavy (non-hydrogen) atoms. The maximum Gasteiger partial charge on any atom is 0.428 e. The van der Waals surface area contributed by atoms with E-state index < -0.39 is 24.4 Å². The summed E-state index contributed by atoms with van der Waals surface area (Å²) in [5.41, 5.74) is 5.46. The predicted octanol–water partition coefficient (Wildman–Crippen LogP) is 0.470. The van der Waals surface area contributed by atoms with E-state index in [-0.39, 0.29) is 6.54 Å². The summed E-state index contributed by atoms with van der Waals surface area (Å²) in [6.07, 6.45) is -5.91. The second-order valence-electron chi connectivity index (χ2n) is 4.02. The molecule has 0 amide bonds. The average Bonchev–Trinajstić information content (AvgIpc) is 2.30. The first-order valence-electron chi connectivity index (χ1n) is 5.48. The third-order valence-electron chi connectivity index (χ3n) is 2.49. The van der Waals surface area contributed by atoms with E-state index in [0.717, 1.165) is 4.90 Å². The molecule has 0 aliphatic heterocycles. The van der Waals surface area contributed by atoms with Crippen molar-refractivity contribution in [3.05, 3.63) is 0 Å². The average molecular weight is 272 g/mol. The lowest BCUT2D eigenvalue weighted by molar-refractivity contribution is -0.245. The molecule has 0 radical (unpaired) electrons. The Morgan fingerprint density at radius 3 is 2.44 bits per heavy atom. The zero-order valence-corrected chi connectivity index (χ0v) is 10.4. The highest BCUT2D eigenvalue weighted by Crippen LogP contribution is 2.22. The van der Waals surface area contributed by atoms with Crippen LogP contribution in [0.15, 0.2) is 0 Å². The zero-order valence-electron chi connectivity index (χ0n) is 10.4. The first-order valence-corrected chi connectivity index (χ1v) is 5.48. The highest BCUT2D eigenvalue weighted by Gasteiger charge is 2.40. The quantitative estimate of drug-likeness (QED) is 0.400. The smallest absolute Gasteiger partial charge is 0.428 e. The van der Waals surface area contributed by atoms with Crippen molar-refractivity contribution in [1.29, 1.82) is 0 Å². The first kappa shape index (κ1) is 17.1. The summed E-state index contributed by atoms with van der Waals surface area (Å²) in [6, 6.07) is -0.757. The van der Waals surface area contributed by atoms with Crippen LogP contribution in [0, 0.1) is 0 Å². The van der Waals surface area contributed by atoms with Crippen LogP contribution >= 0.6 is 0 Å². The predicted molar refractivity (Wildman–Crippen MR) is 58.5 cm³/mol. The second kappa shape index (κ2) is 7.55. The maximum absolute atomic E-state index is 12.1. The molecule has 1 unspecified atom stereocenters. The molecular formula is C10H19F3N2O3. The lowest BCUT2D eigenvalue weighted by atomic mass is 10.1. The van der Waals surface area contributed by atoms with E-state index in [0.29, 0.717) is 19.3 Å². The van der Waals surface area contributed by atoms with Gasteiger partial charge in [-0.15, -0.1) is 0 Å². The normalized spacial score (nSPS) is 15.6. The van der Waals surface area contributed by atoms with E-state index in [1.165, 1.54) is 14.2 Å². The number of aliphatic hydroxyl groups excluding tert-OH is 1. The number of hydrogen-bond donors (Lipinski definition) is 2. The zero-order chi connectivity index (χ0) is 14.3. The number of halogens is 3. The lowest BCUT2D eigenvalue weighted by Gasteiger charge is -2.25. The van der Waals surface area contributed by atoms with E-state index in [2.05, 4.69) is 4.74 Å². The molecule has 0 rings (SSSR count). The highest BCUT2D eigenvalue weighted by atomic mass is 19.4. The first-order chi connectivity index (χ1) is 8.20. The monoisotopic (exact) mass is 272 g/mol. The van der Waals surface area contributed by atoms with E-state index in [4.69, 9.17) is 10.8 Å². The van der Waals surface area contributed by atoms with Crippen molar-refractivity contribution in [3.63, 3.8) is 0 Å². The Morgan fingerprint density at radius 2 is 2.00 bits per heavy atom. The Bertz CT molecular complexity index is 261. The minimum atomic E-state index is -4.66. The number of carbonyl (C=O) groups excluding carboxylic acids is 1. The fourth-order valence-electron chi connectivity index (χ4n) is 1.37. The summed E-state index contributed by atoms with van der Waals surface area (Å²) in [6.45, 7) is 0.0641. The number of ether oxygens (including phenoxy) is 1. The van der Waals surface area contributed by atoms with Crippen molar-refractivity contribution >= 4 is 5.97 Å². The molecule has 0 aromatic carbocycles. The molecule has 0 fully saturated rings. The Morgan fingerprint density at radius 1 is 1.44 bits per heavy atom. The standard InChI is InChI=1S/C10H19F3N2O3/c1-15(9(17)10(11,12)13)6-4-3-5-7(14)8(16)18-2/h7,9,17H,3-6,14H2,1-2H3/t7-,9?/m0/s1. The van der Waals surface area contributed by atoms with Crippen LogP contribution in [0.5, 0.6) is 0 Å². The molecule has 0 heterocycles. The number of alkyl halides is 3. The summed E-state index contributed by atoms with van der Waals surface area (Å²) >= 11 is 0. The van der Waals surface area contributed by atoms with Crippen LogP contribution in [0.2, 0.25) is 0 Å². The van der Waals surface area contributed by atoms with Crippen molar-refractivity contribution in [1.82, 2.24) is 4.90 Å². The van der Waals surface area contributed by atoms with E-state index in [1.54, 1.807) is 0 Å². The van der Waals surface area contributed by atoms with Crippen LogP contribution in [-0.2, 0) is 9.53 Å². The topological polar surface area (TPSA) is 75.8 Å². The van der Waals surface area contributed by atoms with Crippen LogP contribution in [0.4, 0.5) is 13.2 Å². The van der Waals surface area contributed by atoms with Crippen LogP contribution < -0.4 is 5.73 Å². The Hall–Kier alpha value is -0.860. The molecule has 3 N–H and O–H groups in total. The minimum absolute atomic E-state index is 0.0641. The number of unbranched alkanes of at least 4 members (excludes halogenated alkanes) is 1. The van der Waals surface area contributed by atoms with Gasteiger partial charge in [0.15, 0.2) is 0 Å². The summed E-state index contributed by atoms with van der Waals surface area (Å²) in [4.78, 5) is 11.7. The fourth-order valence-corrected chi connectivity index (χ4v) is 1.37. The number of rotatable bonds is 7. The van der Waals surface area contributed by atoms with Crippen LogP contribution in [0.25, 0.3) is 0 Å². The Labute approximate surface area is 104 Å². The molecule has 108 valence electrons. The van der Waals surface area contributed by atoms with Crippen molar-refractivity contribution < 1.29 is 27.8 Å². The van der Waals surface area contributed by atoms with Crippen molar-refractivity contribution in [2.24, 2.45) is 5.73 Å². The maximum atomic E-state index is 12.1. The second-order valence-corrected chi connectivity index (χ2v) is 4.02. The van der Waals surface area contributed by atoms with Gasteiger partial charge in [0, 0.05) is 6.54 Å². The molecule has 0 aromatic rings. The van der Waals surface area contributed by atoms with Crippen LogP contribution in [0.3, 0.4) is 0 Å². The molecular weight excluding hydrogens is 253 g/mol. The van der Waals surface area contributed by atoms with E-state index >= 15 is 0 Å².